The summed E-state index contributed by atoms with van der Waals surface area (Å²) in [5, 5.41) is 7.33. The Balaban J connectivity index is 1.62. The van der Waals surface area contributed by atoms with Crippen molar-refractivity contribution in [2.75, 3.05) is 24.3 Å². The Hall–Kier alpha value is -3.55. The summed E-state index contributed by atoms with van der Waals surface area (Å²) in [6.07, 6.45) is 3.05. The lowest BCUT2D eigenvalue weighted by molar-refractivity contribution is -0.115. The van der Waals surface area contributed by atoms with Crippen LogP contribution in [0.4, 0.5) is 11.5 Å². The van der Waals surface area contributed by atoms with Crippen molar-refractivity contribution in [3.63, 3.8) is 0 Å². The largest absolute Gasteiger partial charge is 0.481 e. The molecule has 2 aromatic heterocycles. The lowest BCUT2D eigenvalue weighted by atomic mass is 10.3. The van der Waals surface area contributed by atoms with Crippen molar-refractivity contribution in [1.82, 2.24) is 15.3 Å². The van der Waals surface area contributed by atoms with Crippen LogP contribution in [0.15, 0.2) is 58.8 Å². The molecule has 1 amide bonds. The summed E-state index contributed by atoms with van der Waals surface area (Å²) in [5.74, 6) is -0.264. The van der Waals surface area contributed by atoms with E-state index in [1.807, 2.05) is 17.5 Å². The first-order valence-electron chi connectivity index (χ1n) is 9.22. The number of carbonyl (C=O) groups excluding carboxylic acids is 1. The van der Waals surface area contributed by atoms with Gasteiger partial charge < -0.3 is 14.8 Å². The maximum Gasteiger partial charge on any atom is 0.321 e. The van der Waals surface area contributed by atoms with Gasteiger partial charge in [-0.05, 0) is 54.0 Å². The van der Waals surface area contributed by atoms with Gasteiger partial charge in [-0.25, -0.2) is 8.42 Å². The van der Waals surface area contributed by atoms with Crippen LogP contribution in [0.5, 0.6) is 11.9 Å². The molecular formula is C20H19N5O5S3. The molecule has 1 aromatic carbocycles. The van der Waals surface area contributed by atoms with E-state index in [1.54, 1.807) is 6.08 Å². The zero-order valence-electron chi connectivity index (χ0n) is 17.4. The Morgan fingerprint density at radius 2 is 1.88 bits per heavy atom. The van der Waals surface area contributed by atoms with Crippen LogP contribution >= 0.6 is 23.6 Å². The standard InChI is InChI=1S/C20H19N5O5S3/c1-29-18-12-16(22-19(24-18)30-2)25-33(27,28)15-8-5-13(6-9-15)21-20(31)23-17(26)10-7-14-4-3-11-32-14/h3-12H,1-2H3,(H,22,24,25)(H2,21,23,26,31). The molecule has 0 saturated heterocycles. The molecule has 3 N–H and O–H groups in total. The minimum atomic E-state index is -3.95. The second-order valence-corrected chi connectivity index (χ2v) is 9.27. The molecular weight excluding hydrogens is 486 g/mol. The van der Waals surface area contributed by atoms with E-state index in [1.165, 1.54) is 62.0 Å². The number of anilines is 2. The van der Waals surface area contributed by atoms with Crippen molar-refractivity contribution < 1.29 is 22.7 Å². The van der Waals surface area contributed by atoms with E-state index in [4.69, 9.17) is 21.7 Å². The van der Waals surface area contributed by atoms with Gasteiger partial charge in [-0.1, -0.05) is 6.07 Å². The molecule has 33 heavy (non-hydrogen) atoms. The van der Waals surface area contributed by atoms with Gasteiger partial charge in [0.05, 0.1) is 19.1 Å². The predicted octanol–water partition coefficient (Wildman–Crippen LogP) is 2.88. The smallest absolute Gasteiger partial charge is 0.321 e. The molecule has 0 aliphatic rings. The first-order chi connectivity index (χ1) is 15.8. The maximum atomic E-state index is 12.7. The van der Waals surface area contributed by atoms with Crippen LogP contribution in [0.2, 0.25) is 0 Å². The lowest BCUT2D eigenvalue weighted by Gasteiger charge is -2.11. The van der Waals surface area contributed by atoms with E-state index in [0.29, 0.717) is 5.69 Å². The van der Waals surface area contributed by atoms with E-state index >= 15 is 0 Å². The fourth-order valence-electron chi connectivity index (χ4n) is 2.43. The molecule has 172 valence electrons. The van der Waals surface area contributed by atoms with Gasteiger partial charge in [0.25, 0.3) is 10.0 Å². The van der Waals surface area contributed by atoms with Crippen molar-refractivity contribution >= 4 is 62.2 Å². The van der Waals surface area contributed by atoms with E-state index in [9.17, 15) is 13.2 Å². The van der Waals surface area contributed by atoms with Crippen LogP contribution in [-0.4, -0.2) is 43.6 Å². The van der Waals surface area contributed by atoms with Crippen LogP contribution in [0, 0.1) is 0 Å². The summed E-state index contributed by atoms with van der Waals surface area (Å²) in [7, 11) is -1.21. The SMILES string of the molecule is COc1cc(NS(=O)(=O)c2ccc(NC(=S)NC(=O)C=Cc3cccs3)cc2)nc(OC)n1. The molecule has 0 aliphatic carbocycles. The Morgan fingerprint density at radius 3 is 2.52 bits per heavy atom. The summed E-state index contributed by atoms with van der Waals surface area (Å²) < 4.78 is 37.7. The number of ether oxygens (including phenoxy) is 2. The monoisotopic (exact) mass is 505 g/mol. The third-order valence-electron chi connectivity index (χ3n) is 3.91. The Labute approximate surface area is 199 Å². The van der Waals surface area contributed by atoms with Gasteiger partial charge in [0.1, 0.15) is 0 Å². The van der Waals surface area contributed by atoms with Gasteiger partial charge in [0, 0.05) is 22.7 Å². The summed E-state index contributed by atoms with van der Waals surface area (Å²) in [4.78, 5) is 20.7. The van der Waals surface area contributed by atoms with Crippen molar-refractivity contribution in [3.05, 3.63) is 58.8 Å². The molecule has 0 unspecified atom stereocenters. The average Bonchev–Trinajstić information content (AvgIpc) is 3.31. The highest BCUT2D eigenvalue weighted by molar-refractivity contribution is 7.92. The topological polar surface area (TPSA) is 132 Å². The number of amides is 1. The number of sulfonamides is 1. The number of hydrogen-bond donors (Lipinski definition) is 3. The highest BCUT2D eigenvalue weighted by atomic mass is 32.2. The summed E-state index contributed by atoms with van der Waals surface area (Å²) in [6, 6.07) is 10.8. The number of hydrogen-bond acceptors (Lipinski definition) is 9. The van der Waals surface area contributed by atoms with E-state index in [-0.39, 0.29) is 33.6 Å². The molecule has 3 aromatic rings. The van der Waals surface area contributed by atoms with Crippen molar-refractivity contribution in [2.24, 2.45) is 0 Å². The zero-order chi connectivity index (χ0) is 23.8. The summed E-state index contributed by atoms with van der Waals surface area (Å²) >= 11 is 6.63. The van der Waals surface area contributed by atoms with Gasteiger partial charge in [-0.3, -0.25) is 14.8 Å². The van der Waals surface area contributed by atoms with Crippen LogP contribution < -0.4 is 24.8 Å². The fraction of sp³-hybridized carbons (Fsp3) is 0.100. The molecule has 2 heterocycles. The summed E-state index contributed by atoms with van der Waals surface area (Å²) in [5.41, 5.74) is 0.492. The second kappa shape index (κ2) is 10.8. The number of thiophene rings is 1. The van der Waals surface area contributed by atoms with E-state index < -0.39 is 10.0 Å². The van der Waals surface area contributed by atoms with Gasteiger partial charge >= 0.3 is 6.01 Å². The predicted molar refractivity (Wildman–Crippen MR) is 130 cm³/mol. The van der Waals surface area contributed by atoms with Crippen molar-refractivity contribution in [3.8, 4) is 11.9 Å². The highest BCUT2D eigenvalue weighted by Crippen LogP contribution is 2.21. The number of methoxy groups -OCH3 is 2. The van der Waals surface area contributed by atoms with Gasteiger partial charge in [0.2, 0.25) is 11.8 Å². The summed E-state index contributed by atoms with van der Waals surface area (Å²) in [6.45, 7) is 0. The van der Waals surface area contributed by atoms with Gasteiger partial charge in [-0.15, -0.1) is 11.3 Å². The first kappa shape index (κ1) is 24.1. The Kier molecular flexibility index (Phi) is 7.92. The van der Waals surface area contributed by atoms with E-state index in [2.05, 4.69) is 25.3 Å². The molecule has 0 atom stereocenters. The molecule has 0 bridgehead atoms. The number of carbonyl (C=O) groups is 1. The molecule has 3 rings (SSSR count). The molecule has 13 heteroatoms. The number of benzene rings is 1. The molecule has 10 nitrogen and oxygen atoms in total. The minimum Gasteiger partial charge on any atom is -0.481 e. The molecule has 0 spiro atoms. The molecule has 0 saturated carbocycles. The van der Waals surface area contributed by atoms with Crippen LogP contribution in [-0.2, 0) is 14.8 Å². The Morgan fingerprint density at radius 1 is 1.12 bits per heavy atom. The van der Waals surface area contributed by atoms with Crippen LogP contribution in [0.3, 0.4) is 0 Å². The van der Waals surface area contributed by atoms with Crippen LogP contribution in [0.1, 0.15) is 4.88 Å². The maximum absolute atomic E-state index is 12.7. The second-order valence-electron chi connectivity index (χ2n) is 6.20. The van der Waals surface area contributed by atoms with Crippen molar-refractivity contribution in [1.29, 1.82) is 0 Å². The van der Waals surface area contributed by atoms with Crippen molar-refractivity contribution in [2.45, 2.75) is 4.90 Å². The third kappa shape index (κ3) is 6.97. The normalized spacial score (nSPS) is 11.1. The molecule has 0 radical (unpaired) electrons. The first-order valence-corrected chi connectivity index (χ1v) is 12.0. The minimum absolute atomic E-state index is 0.0135. The molecule has 0 aliphatic heterocycles. The number of nitrogens with one attached hydrogen (secondary N) is 3. The lowest BCUT2D eigenvalue weighted by Crippen LogP contribution is -2.32. The zero-order valence-corrected chi connectivity index (χ0v) is 19.9. The number of aromatic nitrogens is 2. The average molecular weight is 506 g/mol. The third-order valence-corrected chi connectivity index (χ3v) is 6.33. The number of rotatable bonds is 8. The van der Waals surface area contributed by atoms with Crippen LogP contribution in [0.25, 0.3) is 6.08 Å². The number of nitrogens with zero attached hydrogens (tertiary/aromatic N) is 2. The molecule has 0 fully saturated rings. The fourth-order valence-corrected chi connectivity index (χ4v) is 4.25. The van der Waals surface area contributed by atoms with Gasteiger partial charge in [-0.2, -0.15) is 9.97 Å². The van der Waals surface area contributed by atoms with Gasteiger partial charge in [0.15, 0.2) is 10.9 Å². The Bertz CT molecular complexity index is 1240. The number of thiocarbonyl (C=S) groups is 1. The highest BCUT2D eigenvalue weighted by Gasteiger charge is 2.17. The van der Waals surface area contributed by atoms with E-state index in [0.717, 1.165) is 4.88 Å². The quantitative estimate of drug-likeness (QED) is 0.312.